The molecule has 0 aromatic carbocycles. The molecule has 2 aliphatic carbocycles. The van der Waals surface area contributed by atoms with Crippen LogP contribution in [0.3, 0.4) is 0 Å². The third kappa shape index (κ3) is 0.667. The van der Waals surface area contributed by atoms with Crippen LogP contribution in [0.2, 0.25) is 0 Å². The van der Waals surface area contributed by atoms with Crippen molar-refractivity contribution >= 4 is 0 Å². The fourth-order valence-corrected chi connectivity index (χ4v) is 4.41. The third-order valence-electron chi connectivity index (χ3n) is 5.99. The second-order valence-electron chi connectivity index (χ2n) is 6.87. The molecule has 6 nitrogen and oxygen atoms in total. The summed E-state index contributed by atoms with van der Waals surface area (Å²) in [6.07, 6.45) is -1.13. The second kappa shape index (κ2) is 2.51. The normalized spacial score (nSPS) is 62.8. The molecule has 3 aliphatic rings. The zero-order valence-corrected chi connectivity index (χ0v) is 10.9. The van der Waals surface area contributed by atoms with E-state index in [1.807, 2.05) is 0 Å². The van der Waals surface area contributed by atoms with Gasteiger partial charge in [0.15, 0.2) is 5.60 Å². The lowest BCUT2D eigenvalue weighted by molar-refractivity contribution is -0.290. The molecule has 3 fully saturated rings. The van der Waals surface area contributed by atoms with Crippen LogP contribution in [-0.4, -0.2) is 60.8 Å². The smallest absolute Gasteiger partial charge is 0.207 e. The van der Waals surface area contributed by atoms with E-state index in [0.29, 0.717) is 0 Å². The van der Waals surface area contributed by atoms with Crippen molar-refractivity contribution in [1.82, 2.24) is 0 Å². The Morgan fingerprint density at radius 3 is 1.83 bits per heavy atom. The Morgan fingerprint density at radius 1 is 0.889 bits per heavy atom. The van der Waals surface area contributed by atoms with E-state index in [-0.39, 0.29) is 0 Å². The number of aliphatic hydroxyl groups is 5. The molecule has 0 amide bonds. The molecular formula is C12H20O6. The quantitative estimate of drug-likeness (QED) is 0.386. The maximum Gasteiger partial charge on any atom is 0.207 e. The Kier molecular flexibility index (Phi) is 1.78. The zero-order valence-electron chi connectivity index (χ0n) is 10.9. The molecule has 0 spiro atoms. The number of ether oxygens (including phenoxy) is 1. The van der Waals surface area contributed by atoms with E-state index in [4.69, 9.17) is 4.74 Å². The van der Waals surface area contributed by atoms with E-state index in [1.54, 1.807) is 27.7 Å². The lowest BCUT2D eigenvalue weighted by Gasteiger charge is -2.35. The predicted molar refractivity (Wildman–Crippen MR) is 59.3 cm³/mol. The Balaban J connectivity index is 2.21. The average Bonchev–Trinajstić information content (AvgIpc) is 2.81. The number of rotatable bonds is 1. The van der Waals surface area contributed by atoms with Gasteiger partial charge in [0, 0.05) is 5.41 Å². The molecule has 0 radical (unpaired) electrons. The molecule has 0 unspecified atom stereocenters. The molecule has 18 heavy (non-hydrogen) atoms. The van der Waals surface area contributed by atoms with Gasteiger partial charge in [-0.2, -0.15) is 0 Å². The minimum absolute atomic E-state index is 0.545. The van der Waals surface area contributed by atoms with Crippen molar-refractivity contribution in [2.24, 2.45) is 10.8 Å². The molecule has 0 aromatic rings. The standard InChI is InChI=1S/C12H20O6/c1-7(2)9(14)6(5-13)18-12(17)8(3,4)11(12,16)10(7,9)15/h6,13-17H,5H2,1-4H3/t6-,9-,10+,11-,12+/m1/s1. The summed E-state index contributed by atoms with van der Waals surface area (Å²) in [6.45, 7) is 5.73. The van der Waals surface area contributed by atoms with E-state index < -0.39 is 46.1 Å². The van der Waals surface area contributed by atoms with Gasteiger partial charge in [-0.3, -0.25) is 0 Å². The average molecular weight is 260 g/mol. The summed E-state index contributed by atoms with van der Waals surface area (Å²) in [4.78, 5) is 0. The van der Waals surface area contributed by atoms with E-state index in [2.05, 4.69) is 0 Å². The number of hydrogen-bond acceptors (Lipinski definition) is 6. The summed E-state index contributed by atoms with van der Waals surface area (Å²) in [7, 11) is 0. The molecule has 2 saturated carbocycles. The number of fused-ring (bicyclic) bond motifs is 3. The first-order valence-corrected chi connectivity index (χ1v) is 6.10. The zero-order chi connectivity index (χ0) is 14.0. The van der Waals surface area contributed by atoms with Crippen LogP contribution >= 0.6 is 0 Å². The summed E-state index contributed by atoms with van der Waals surface area (Å²) in [5, 5.41) is 51.7. The largest absolute Gasteiger partial charge is 0.394 e. The number of hydrogen-bond donors (Lipinski definition) is 5. The van der Waals surface area contributed by atoms with Crippen molar-refractivity contribution < 1.29 is 30.3 Å². The molecule has 104 valence electrons. The van der Waals surface area contributed by atoms with Crippen molar-refractivity contribution in [3.8, 4) is 0 Å². The molecule has 1 heterocycles. The van der Waals surface area contributed by atoms with Crippen LogP contribution < -0.4 is 0 Å². The molecule has 0 bridgehead atoms. The molecule has 6 heteroatoms. The van der Waals surface area contributed by atoms with Crippen molar-refractivity contribution in [1.29, 1.82) is 0 Å². The lowest BCUT2D eigenvalue weighted by atomic mass is 9.93. The minimum atomic E-state index is -1.96. The second-order valence-corrected chi connectivity index (χ2v) is 6.87. The topological polar surface area (TPSA) is 110 Å². The highest BCUT2D eigenvalue weighted by Gasteiger charge is 3.08. The highest BCUT2D eigenvalue weighted by atomic mass is 16.7. The first-order chi connectivity index (χ1) is 7.92. The van der Waals surface area contributed by atoms with Gasteiger partial charge in [0.05, 0.1) is 12.0 Å². The molecular weight excluding hydrogens is 240 g/mol. The van der Waals surface area contributed by atoms with E-state index in [0.717, 1.165) is 0 Å². The van der Waals surface area contributed by atoms with E-state index in [1.165, 1.54) is 0 Å². The summed E-state index contributed by atoms with van der Waals surface area (Å²) in [6, 6.07) is 0. The van der Waals surface area contributed by atoms with Gasteiger partial charge in [0.25, 0.3) is 0 Å². The Morgan fingerprint density at radius 2 is 1.39 bits per heavy atom. The van der Waals surface area contributed by atoms with Gasteiger partial charge in [0.1, 0.15) is 17.3 Å². The Labute approximate surface area is 105 Å². The predicted octanol–water partition coefficient (Wildman–Crippen LogP) is -1.66. The highest BCUT2D eigenvalue weighted by molar-refractivity contribution is 5.53. The first kappa shape index (κ1) is 12.8. The Bertz CT molecular complexity index is 448. The monoisotopic (exact) mass is 260 g/mol. The third-order valence-corrected chi connectivity index (χ3v) is 5.99. The Hall–Kier alpha value is -0.240. The molecule has 5 N–H and O–H groups in total. The van der Waals surface area contributed by atoms with Crippen LogP contribution in [0.25, 0.3) is 0 Å². The van der Waals surface area contributed by atoms with Gasteiger partial charge in [-0.25, -0.2) is 0 Å². The minimum Gasteiger partial charge on any atom is -0.394 e. The molecule has 3 rings (SSSR count). The van der Waals surface area contributed by atoms with Gasteiger partial charge >= 0.3 is 0 Å². The van der Waals surface area contributed by atoms with Gasteiger partial charge < -0.3 is 30.3 Å². The molecule has 1 aliphatic heterocycles. The van der Waals surface area contributed by atoms with Gasteiger partial charge in [-0.05, 0) is 0 Å². The highest BCUT2D eigenvalue weighted by Crippen LogP contribution is 2.86. The van der Waals surface area contributed by atoms with Crippen LogP contribution in [0.4, 0.5) is 0 Å². The molecule has 1 saturated heterocycles. The van der Waals surface area contributed by atoms with Crippen molar-refractivity contribution in [2.45, 2.75) is 56.4 Å². The van der Waals surface area contributed by atoms with Crippen molar-refractivity contribution in [3.05, 3.63) is 0 Å². The van der Waals surface area contributed by atoms with Crippen LogP contribution in [0.15, 0.2) is 0 Å². The van der Waals surface area contributed by atoms with Gasteiger partial charge in [-0.15, -0.1) is 0 Å². The summed E-state index contributed by atoms with van der Waals surface area (Å²) < 4.78 is 5.32. The summed E-state index contributed by atoms with van der Waals surface area (Å²) in [5.74, 6) is -1.96. The van der Waals surface area contributed by atoms with Crippen molar-refractivity contribution in [3.63, 3.8) is 0 Å². The maximum absolute atomic E-state index is 10.8. The molecule has 5 atom stereocenters. The lowest BCUT2D eigenvalue weighted by Crippen LogP contribution is -2.58. The van der Waals surface area contributed by atoms with Crippen LogP contribution in [0.1, 0.15) is 27.7 Å². The van der Waals surface area contributed by atoms with E-state index in [9.17, 15) is 25.5 Å². The van der Waals surface area contributed by atoms with Gasteiger partial charge in [-0.1, -0.05) is 27.7 Å². The number of aliphatic hydroxyl groups excluding tert-OH is 1. The first-order valence-electron chi connectivity index (χ1n) is 6.10. The van der Waals surface area contributed by atoms with Gasteiger partial charge in [0.2, 0.25) is 5.79 Å². The van der Waals surface area contributed by atoms with Crippen LogP contribution in [-0.2, 0) is 4.74 Å². The van der Waals surface area contributed by atoms with Crippen LogP contribution in [0.5, 0.6) is 0 Å². The van der Waals surface area contributed by atoms with E-state index >= 15 is 0 Å². The fraction of sp³-hybridized carbons (Fsp3) is 1.00. The van der Waals surface area contributed by atoms with Crippen molar-refractivity contribution in [2.75, 3.05) is 6.61 Å². The summed E-state index contributed by atoms with van der Waals surface area (Å²) in [5.41, 5.74) is -7.84. The SMILES string of the molecule is CC1(C)[C@@]2(O)[C@]3(O)C(C)(C)[C@]3(O)[C@@H](CO)O[C@@]12O. The fourth-order valence-electron chi connectivity index (χ4n) is 4.41. The van der Waals surface area contributed by atoms with Crippen LogP contribution in [0, 0.1) is 10.8 Å². The summed E-state index contributed by atoms with van der Waals surface area (Å²) >= 11 is 0. The maximum atomic E-state index is 10.8. The molecule has 0 aromatic heterocycles.